The van der Waals surface area contributed by atoms with E-state index in [9.17, 15) is 0 Å². The van der Waals surface area contributed by atoms with Gasteiger partial charge in [-0.25, -0.2) is 4.89 Å². The van der Waals surface area contributed by atoms with Crippen LogP contribution in [0.5, 0.6) is 0 Å². The van der Waals surface area contributed by atoms with Crippen LogP contribution in [-0.4, -0.2) is 16.8 Å². The largest absolute Gasteiger partial charge is 0.354 e. The number of aliphatic hydroxyl groups is 1. The van der Waals surface area contributed by atoms with Crippen molar-refractivity contribution in [3.8, 4) is 0 Å². The topological polar surface area (TPSA) is 38.7 Å². The summed E-state index contributed by atoms with van der Waals surface area (Å²) in [7, 11) is 0. The van der Waals surface area contributed by atoms with Crippen LogP contribution in [0.4, 0.5) is 0 Å². The fourth-order valence-corrected chi connectivity index (χ4v) is 0.270. The average Bonchev–Trinajstić information content (AvgIpc) is 1.32. The molecule has 36 valence electrons. The van der Waals surface area contributed by atoms with Crippen molar-refractivity contribution >= 4 is 12.6 Å². The van der Waals surface area contributed by atoms with E-state index in [0.29, 0.717) is 0 Å². The van der Waals surface area contributed by atoms with Gasteiger partial charge in [-0.2, -0.15) is 4.89 Å². The fourth-order valence-electron chi connectivity index (χ4n) is 0.164. The summed E-state index contributed by atoms with van der Waals surface area (Å²) in [6.07, 6.45) is 0. The number of thiol groups is 1. The molecule has 1 fully saturated rings. The predicted molar refractivity (Wildman–Crippen MR) is 21.0 cm³/mol. The molecule has 1 unspecified atom stereocenters. The van der Waals surface area contributed by atoms with Crippen LogP contribution in [0.3, 0.4) is 0 Å². The summed E-state index contributed by atoms with van der Waals surface area (Å²) in [6, 6.07) is 0. The van der Waals surface area contributed by atoms with Gasteiger partial charge >= 0.3 is 0 Å². The summed E-state index contributed by atoms with van der Waals surface area (Å²) < 4.78 is 0. The molecule has 0 radical (unpaired) electrons. The molecule has 6 heavy (non-hydrogen) atoms. The molecule has 1 heterocycles. The Balaban J connectivity index is 2.31. The van der Waals surface area contributed by atoms with E-state index < -0.39 is 5.12 Å². The van der Waals surface area contributed by atoms with Crippen LogP contribution in [-0.2, 0) is 9.78 Å². The van der Waals surface area contributed by atoms with E-state index in [4.69, 9.17) is 5.11 Å². The maximum absolute atomic E-state index is 8.43. The monoisotopic (exact) mass is 108 g/mol. The van der Waals surface area contributed by atoms with E-state index in [0.717, 1.165) is 0 Å². The zero-order chi connectivity index (χ0) is 4.62. The molecule has 4 heteroatoms. The first kappa shape index (κ1) is 4.39. The second-order valence-electron chi connectivity index (χ2n) is 1.09. The second-order valence-corrected chi connectivity index (χ2v) is 1.79. The first-order valence-electron chi connectivity index (χ1n) is 1.46. The minimum absolute atomic E-state index is 0.149. The molecule has 1 rings (SSSR count). The van der Waals surface area contributed by atoms with Crippen LogP contribution < -0.4 is 0 Å². The Kier molecular flexibility index (Phi) is 0.804. The molecule has 0 aromatic carbocycles. The molecule has 3 nitrogen and oxygen atoms in total. The van der Waals surface area contributed by atoms with Crippen LogP contribution in [0.1, 0.15) is 0 Å². The molecule has 0 saturated carbocycles. The third kappa shape index (κ3) is 0.652. The highest BCUT2D eigenvalue weighted by Crippen LogP contribution is 2.21. The van der Waals surface area contributed by atoms with E-state index >= 15 is 0 Å². The van der Waals surface area contributed by atoms with Crippen LogP contribution in [0.15, 0.2) is 0 Å². The van der Waals surface area contributed by atoms with Gasteiger partial charge in [-0.15, -0.1) is 12.6 Å². The van der Waals surface area contributed by atoms with Gasteiger partial charge in [0.25, 0.3) is 5.12 Å². The molecule has 0 bridgehead atoms. The lowest BCUT2D eigenvalue weighted by Crippen LogP contribution is -2.41. The summed E-state index contributed by atoms with van der Waals surface area (Å²) >= 11 is 3.55. The molecule has 0 aromatic heterocycles. The third-order valence-electron chi connectivity index (χ3n) is 0.439. The van der Waals surface area contributed by atoms with Crippen LogP contribution >= 0.6 is 12.6 Å². The molecule has 0 spiro atoms. The van der Waals surface area contributed by atoms with Gasteiger partial charge in [0.1, 0.15) is 6.61 Å². The molecule has 1 saturated heterocycles. The third-order valence-corrected chi connectivity index (χ3v) is 0.643. The molecule has 0 amide bonds. The van der Waals surface area contributed by atoms with Gasteiger partial charge in [-0.05, 0) is 0 Å². The summed E-state index contributed by atoms with van der Waals surface area (Å²) in [5.74, 6) is 0. The van der Waals surface area contributed by atoms with Crippen LogP contribution in [0.2, 0.25) is 0 Å². The van der Waals surface area contributed by atoms with Gasteiger partial charge in [-0.1, -0.05) is 0 Å². The lowest BCUT2D eigenvalue weighted by Gasteiger charge is -2.28. The maximum Gasteiger partial charge on any atom is 0.271 e. The minimum atomic E-state index is -1.31. The van der Waals surface area contributed by atoms with Crippen molar-refractivity contribution in [2.75, 3.05) is 6.61 Å². The van der Waals surface area contributed by atoms with Crippen molar-refractivity contribution in [3.63, 3.8) is 0 Å². The van der Waals surface area contributed by atoms with Gasteiger partial charge in [0.05, 0.1) is 0 Å². The highest BCUT2D eigenvalue weighted by molar-refractivity contribution is 7.81. The summed E-state index contributed by atoms with van der Waals surface area (Å²) in [5, 5.41) is 7.12. The molecule has 0 aliphatic carbocycles. The van der Waals surface area contributed by atoms with Gasteiger partial charge in [-0.3, -0.25) is 0 Å². The predicted octanol–water partition coefficient (Wildman–Crippen LogP) is -0.476. The smallest absolute Gasteiger partial charge is 0.271 e. The van der Waals surface area contributed by atoms with Crippen molar-refractivity contribution in [2.45, 2.75) is 5.12 Å². The molecule has 1 aliphatic heterocycles. The highest BCUT2D eigenvalue weighted by Gasteiger charge is 2.34. The zero-order valence-electron chi connectivity index (χ0n) is 2.92. The van der Waals surface area contributed by atoms with Crippen molar-refractivity contribution in [1.29, 1.82) is 0 Å². The van der Waals surface area contributed by atoms with Gasteiger partial charge in [0, 0.05) is 0 Å². The highest BCUT2D eigenvalue weighted by atomic mass is 32.1. The molecule has 1 atom stereocenters. The van der Waals surface area contributed by atoms with Gasteiger partial charge < -0.3 is 5.11 Å². The molecule has 1 aliphatic rings. The summed E-state index contributed by atoms with van der Waals surface area (Å²) in [4.78, 5) is 8.15. The van der Waals surface area contributed by atoms with Crippen molar-refractivity contribution in [2.24, 2.45) is 0 Å². The summed E-state index contributed by atoms with van der Waals surface area (Å²) in [5.41, 5.74) is 0. The second kappa shape index (κ2) is 1.10. The average molecular weight is 108 g/mol. The van der Waals surface area contributed by atoms with Gasteiger partial charge in [0.2, 0.25) is 0 Å². The van der Waals surface area contributed by atoms with E-state index in [1.165, 1.54) is 0 Å². The lowest BCUT2D eigenvalue weighted by atomic mass is 10.7. The Morgan fingerprint density at radius 1 is 1.83 bits per heavy atom. The Bertz CT molecular complexity index is 55.8. The first-order chi connectivity index (χ1) is 2.71. The Labute approximate surface area is 40.2 Å². The van der Waals surface area contributed by atoms with Crippen molar-refractivity contribution in [3.05, 3.63) is 0 Å². The Morgan fingerprint density at radius 2 is 2.17 bits per heavy atom. The SMILES string of the molecule is OC1(S)COO1. The maximum atomic E-state index is 8.43. The number of hydrogen-bond acceptors (Lipinski definition) is 4. The standard InChI is InChI=1S/C2H4O3S/c3-2(6)1-4-5-2/h3,6H,1H2. The summed E-state index contributed by atoms with van der Waals surface area (Å²) in [6.45, 7) is 0.149. The van der Waals surface area contributed by atoms with Gasteiger partial charge in [0.15, 0.2) is 0 Å². The molecule has 1 N–H and O–H groups in total. The van der Waals surface area contributed by atoms with E-state index in [1.54, 1.807) is 0 Å². The van der Waals surface area contributed by atoms with E-state index in [2.05, 4.69) is 22.4 Å². The van der Waals surface area contributed by atoms with E-state index in [-0.39, 0.29) is 6.61 Å². The van der Waals surface area contributed by atoms with Crippen molar-refractivity contribution in [1.82, 2.24) is 0 Å². The number of rotatable bonds is 0. The van der Waals surface area contributed by atoms with Crippen molar-refractivity contribution < 1.29 is 14.9 Å². The van der Waals surface area contributed by atoms with E-state index in [1.807, 2.05) is 0 Å². The van der Waals surface area contributed by atoms with Crippen LogP contribution in [0.25, 0.3) is 0 Å². The quantitative estimate of drug-likeness (QED) is 0.250. The molecular formula is C2H4O3S. The Hall–Kier alpha value is 0.230. The fraction of sp³-hybridized carbons (Fsp3) is 1.00. The molecule has 0 aromatic rings. The first-order valence-corrected chi connectivity index (χ1v) is 1.91. The Morgan fingerprint density at radius 3 is 2.17 bits per heavy atom. The zero-order valence-corrected chi connectivity index (χ0v) is 3.81. The molecular weight excluding hydrogens is 104 g/mol. The lowest BCUT2D eigenvalue weighted by molar-refractivity contribution is -0.491. The minimum Gasteiger partial charge on any atom is -0.354 e. The normalized spacial score (nSPS) is 45.0. The number of hydrogen-bond donors (Lipinski definition) is 2. The van der Waals surface area contributed by atoms with Crippen LogP contribution in [0, 0.1) is 0 Å².